The van der Waals surface area contributed by atoms with Crippen molar-refractivity contribution in [1.29, 1.82) is 0 Å². The molecule has 0 unspecified atom stereocenters. The molecule has 4 nitrogen and oxygen atoms in total. The molecule has 2 N–H and O–H groups in total. The van der Waals surface area contributed by atoms with Crippen molar-refractivity contribution < 1.29 is 5.11 Å². The number of aromatic nitrogens is 2. The van der Waals surface area contributed by atoms with Crippen LogP contribution < -0.4 is 5.56 Å². The number of phenols is 1. The summed E-state index contributed by atoms with van der Waals surface area (Å²) in [7, 11) is 0. The van der Waals surface area contributed by atoms with Crippen molar-refractivity contribution in [2.24, 2.45) is 0 Å². The molecule has 0 aliphatic carbocycles. The first-order valence-corrected chi connectivity index (χ1v) is 6.96. The zero-order valence-corrected chi connectivity index (χ0v) is 13.1. The maximum Gasteiger partial charge on any atom is 0.264 e. The van der Waals surface area contributed by atoms with E-state index in [1.54, 1.807) is 24.3 Å². The van der Waals surface area contributed by atoms with Crippen LogP contribution in [0.25, 0.3) is 11.4 Å². The Bertz CT molecular complexity index is 672. The minimum absolute atomic E-state index is 0.149. The van der Waals surface area contributed by atoms with Gasteiger partial charge in [0.2, 0.25) is 0 Å². The van der Waals surface area contributed by atoms with Crippen LogP contribution in [0.2, 0.25) is 0 Å². The molecule has 2 aromatic rings. The van der Waals surface area contributed by atoms with Gasteiger partial charge in [-0.25, -0.2) is 4.98 Å². The molecule has 1 heterocycles. The van der Waals surface area contributed by atoms with Crippen molar-refractivity contribution in [3.63, 3.8) is 0 Å². The van der Waals surface area contributed by atoms with Crippen molar-refractivity contribution in [2.45, 2.75) is 26.2 Å². The van der Waals surface area contributed by atoms with E-state index in [0.717, 1.165) is 5.69 Å². The van der Waals surface area contributed by atoms with Gasteiger partial charge in [-0.15, -0.1) is 0 Å². The molecule has 0 amide bonds. The molecule has 0 aliphatic heterocycles. The predicted octanol–water partition coefficient (Wildman–Crippen LogP) is 3.04. The third-order valence-corrected chi connectivity index (χ3v) is 3.69. The van der Waals surface area contributed by atoms with Crippen LogP contribution in [0.3, 0.4) is 0 Å². The molecule has 0 saturated heterocycles. The molecule has 0 saturated carbocycles. The summed E-state index contributed by atoms with van der Waals surface area (Å²) in [5.74, 6) is 0.627. The second kappa shape index (κ2) is 4.96. The molecular weight excluding hydrogens is 355 g/mol. The highest BCUT2D eigenvalue weighted by molar-refractivity contribution is 14.1. The summed E-state index contributed by atoms with van der Waals surface area (Å²) in [4.78, 5) is 19.3. The fourth-order valence-electron chi connectivity index (χ4n) is 1.75. The number of hydrogen-bond acceptors (Lipinski definition) is 3. The van der Waals surface area contributed by atoms with E-state index in [4.69, 9.17) is 0 Å². The second-order valence-corrected chi connectivity index (χ2v) is 6.46. The Morgan fingerprint density at radius 3 is 2.58 bits per heavy atom. The number of phenolic OH excluding ortho intramolecular Hbond substituents is 1. The van der Waals surface area contributed by atoms with Crippen molar-refractivity contribution in [2.75, 3.05) is 0 Å². The number of H-pyrrole nitrogens is 1. The van der Waals surface area contributed by atoms with Gasteiger partial charge < -0.3 is 10.1 Å². The summed E-state index contributed by atoms with van der Waals surface area (Å²) in [6.45, 7) is 6.05. The van der Waals surface area contributed by atoms with Crippen LogP contribution in [0, 0.1) is 3.57 Å². The number of nitrogens with zero attached hydrogens (tertiary/aromatic N) is 1. The van der Waals surface area contributed by atoms with Gasteiger partial charge in [0.25, 0.3) is 5.56 Å². The third-order valence-electron chi connectivity index (χ3n) is 2.69. The van der Waals surface area contributed by atoms with Crippen molar-refractivity contribution >= 4 is 22.6 Å². The quantitative estimate of drug-likeness (QED) is 0.759. The van der Waals surface area contributed by atoms with E-state index < -0.39 is 0 Å². The first kappa shape index (κ1) is 14.0. The number of nitrogens with one attached hydrogen (secondary N) is 1. The standard InChI is InChI=1S/C14H15IN2O2/c1-14(2,3)11-10(15)13(19)17-12(16-11)8-5-4-6-9(18)7-8/h4-7,18H,1-3H3,(H,16,17,19). The highest BCUT2D eigenvalue weighted by Gasteiger charge is 2.22. The Morgan fingerprint density at radius 1 is 1.32 bits per heavy atom. The minimum Gasteiger partial charge on any atom is -0.508 e. The summed E-state index contributed by atoms with van der Waals surface area (Å²) in [5.41, 5.74) is 1.09. The molecule has 0 spiro atoms. The summed E-state index contributed by atoms with van der Waals surface area (Å²) in [6.07, 6.45) is 0. The Kier molecular flexibility index (Phi) is 3.66. The second-order valence-electron chi connectivity index (χ2n) is 5.38. The lowest BCUT2D eigenvalue weighted by Gasteiger charge is -2.19. The molecule has 0 aliphatic rings. The van der Waals surface area contributed by atoms with Crippen LogP contribution in [0.1, 0.15) is 26.5 Å². The van der Waals surface area contributed by atoms with E-state index in [9.17, 15) is 9.90 Å². The maximum absolute atomic E-state index is 12.0. The first-order valence-electron chi connectivity index (χ1n) is 5.89. The molecular formula is C14H15IN2O2. The average molecular weight is 370 g/mol. The Hall–Kier alpha value is -1.37. The molecule has 19 heavy (non-hydrogen) atoms. The number of aromatic amines is 1. The van der Waals surface area contributed by atoms with Gasteiger partial charge in [-0.05, 0) is 34.7 Å². The zero-order chi connectivity index (χ0) is 14.2. The fraction of sp³-hybridized carbons (Fsp3) is 0.286. The summed E-state index contributed by atoms with van der Waals surface area (Å²) < 4.78 is 0.606. The van der Waals surface area contributed by atoms with Gasteiger partial charge in [0.1, 0.15) is 15.1 Å². The van der Waals surface area contributed by atoms with Crippen LogP contribution in [0.4, 0.5) is 0 Å². The first-order chi connectivity index (χ1) is 8.79. The number of hydrogen-bond donors (Lipinski definition) is 2. The minimum atomic E-state index is -0.212. The lowest BCUT2D eigenvalue weighted by molar-refractivity contribution is 0.475. The van der Waals surface area contributed by atoms with Gasteiger partial charge in [-0.1, -0.05) is 32.9 Å². The topological polar surface area (TPSA) is 66.0 Å². The molecule has 1 aromatic carbocycles. The highest BCUT2D eigenvalue weighted by atomic mass is 127. The van der Waals surface area contributed by atoms with Crippen LogP contribution >= 0.6 is 22.6 Å². The van der Waals surface area contributed by atoms with Gasteiger partial charge in [0.05, 0.1) is 5.69 Å². The highest BCUT2D eigenvalue weighted by Crippen LogP contribution is 2.26. The smallest absolute Gasteiger partial charge is 0.264 e. The molecule has 2 rings (SSSR count). The summed E-state index contributed by atoms with van der Waals surface area (Å²) in [6, 6.07) is 6.69. The number of rotatable bonds is 1. The van der Waals surface area contributed by atoms with Gasteiger partial charge in [-0.2, -0.15) is 0 Å². The van der Waals surface area contributed by atoms with Crippen LogP contribution in [-0.2, 0) is 5.41 Å². The summed E-state index contributed by atoms with van der Waals surface area (Å²) >= 11 is 2.02. The number of benzene rings is 1. The monoisotopic (exact) mass is 370 g/mol. The molecule has 0 bridgehead atoms. The molecule has 100 valence electrons. The van der Waals surface area contributed by atoms with E-state index in [2.05, 4.69) is 9.97 Å². The van der Waals surface area contributed by atoms with Crippen molar-refractivity contribution in [3.8, 4) is 17.1 Å². The number of aromatic hydroxyl groups is 1. The lowest BCUT2D eigenvalue weighted by atomic mass is 9.92. The Labute approximate surface area is 125 Å². The fourth-order valence-corrected chi connectivity index (χ4v) is 2.81. The van der Waals surface area contributed by atoms with Crippen molar-refractivity contribution in [1.82, 2.24) is 9.97 Å². The average Bonchev–Trinajstić information content (AvgIpc) is 2.31. The Balaban J connectivity index is 2.67. The van der Waals surface area contributed by atoms with Gasteiger partial charge in [0, 0.05) is 11.0 Å². The summed E-state index contributed by atoms with van der Waals surface area (Å²) in [5, 5.41) is 9.51. The number of halogens is 1. The lowest BCUT2D eigenvalue weighted by Crippen LogP contribution is -2.24. The normalized spacial score (nSPS) is 11.6. The Morgan fingerprint density at radius 2 is 2.00 bits per heavy atom. The zero-order valence-electron chi connectivity index (χ0n) is 11.0. The maximum atomic E-state index is 12.0. The van der Waals surface area contributed by atoms with E-state index >= 15 is 0 Å². The van der Waals surface area contributed by atoms with Gasteiger partial charge in [0.15, 0.2) is 0 Å². The van der Waals surface area contributed by atoms with E-state index in [-0.39, 0.29) is 16.7 Å². The van der Waals surface area contributed by atoms with Gasteiger partial charge >= 0.3 is 0 Å². The van der Waals surface area contributed by atoms with Crippen molar-refractivity contribution in [3.05, 3.63) is 43.9 Å². The molecule has 1 aromatic heterocycles. The van der Waals surface area contributed by atoms with Crippen LogP contribution in [0.15, 0.2) is 29.1 Å². The molecule has 5 heteroatoms. The van der Waals surface area contributed by atoms with E-state index in [1.807, 2.05) is 43.4 Å². The predicted molar refractivity (Wildman–Crippen MR) is 83.4 cm³/mol. The SMILES string of the molecule is CC(C)(C)c1nc(-c2cccc(O)c2)[nH]c(=O)c1I. The van der Waals surface area contributed by atoms with Gasteiger partial charge in [-0.3, -0.25) is 4.79 Å². The van der Waals surface area contributed by atoms with E-state index in [1.165, 1.54) is 0 Å². The van der Waals surface area contributed by atoms with E-state index in [0.29, 0.717) is 15.0 Å². The molecule has 0 radical (unpaired) electrons. The molecule has 0 atom stereocenters. The largest absolute Gasteiger partial charge is 0.508 e. The third kappa shape index (κ3) is 2.97. The molecule has 0 fully saturated rings. The van der Waals surface area contributed by atoms with Crippen LogP contribution in [0.5, 0.6) is 5.75 Å². The van der Waals surface area contributed by atoms with Crippen LogP contribution in [-0.4, -0.2) is 15.1 Å².